The molecule has 1 aliphatic carbocycles. The molecule has 0 saturated heterocycles. The molecule has 0 radical (unpaired) electrons. The number of benzene rings is 4. The number of ketones is 2. The van der Waals surface area contributed by atoms with Crippen LogP contribution in [0.4, 0.5) is 22.7 Å². The summed E-state index contributed by atoms with van der Waals surface area (Å²) in [5.74, 6) is -0.802. The highest BCUT2D eigenvalue weighted by atomic mass is 32.2. The van der Waals surface area contributed by atoms with Crippen molar-refractivity contribution in [1.29, 1.82) is 0 Å². The van der Waals surface area contributed by atoms with Gasteiger partial charge in [-0.2, -0.15) is 16.8 Å². The molecule has 0 amide bonds. The number of anilines is 4. The third kappa shape index (κ3) is 4.89. The van der Waals surface area contributed by atoms with Gasteiger partial charge in [-0.05, 0) is 73.5 Å². The Morgan fingerprint density at radius 1 is 0.550 bits per heavy atom. The van der Waals surface area contributed by atoms with Gasteiger partial charge in [0.1, 0.15) is 0 Å². The number of hydrogen-bond acceptors (Lipinski definition) is 8. The molecular formula is C28H22N2O8S2. The number of carbonyl (C=O) groups is 2. The molecule has 5 rings (SSSR count). The minimum Gasteiger partial charge on any atom is -0.355 e. The van der Waals surface area contributed by atoms with Crippen LogP contribution in [0.3, 0.4) is 0 Å². The van der Waals surface area contributed by atoms with Crippen LogP contribution in [-0.4, -0.2) is 37.5 Å². The van der Waals surface area contributed by atoms with Crippen LogP contribution >= 0.6 is 0 Å². The van der Waals surface area contributed by atoms with Crippen LogP contribution in [0.15, 0.2) is 82.6 Å². The predicted octanol–water partition coefficient (Wildman–Crippen LogP) is 5.06. The van der Waals surface area contributed by atoms with E-state index in [2.05, 4.69) is 10.6 Å². The Morgan fingerprint density at radius 3 is 1.25 bits per heavy atom. The van der Waals surface area contributed by atoms with Crippen molar-refractivity contribution in [3.05, 3.63) is 106 Å². The number of aryl methyl sites for hydroxylation is 2. The maximum absolute atomic E-state index is 13.7. The van der Waals surface area contributed by atoms with Crippen molar-refractivity contribution in [2.24, 2.45) is 0 Å². The Morgan fingerprint density at radius 2 is 0.925 bits per heavy atom. The summed E-state index contributed by atoms with van der Waals surface area (Å²) in [5, 5.41) is 6.21. The minimum absolute atomic E-state index is 0.157. The van der Waals surface area contributed by atoms with Gasteiger partial charge in [0.25, 0.3) is 20.2 Å². The number of nitrogens with one attached hydrogen (secondary N) is 2. The van der Waals surface area contributed by atoms with Crippen molar-refractivity contribution in [3.8, 4) is 0 Å². The summed E-state index contributed by atoms with van der Waals surface area (Å²) in [5.41, 5.74) is 3.28. The van der Waals surface area contributed by atoms with Crippen molar-refractivity contribution in [2.75, 3.05) is 10.6 Å². The van der Waals surface area contributed by atoms with Gasteiger partial charge in [0, 0.05) is 22.5 Å². The summed E-state index contributed by atoms with van der Waals surface area (Å²) in [6.45, 7) is 3.27. The third-order valence-electron chi connectivity index (χ3n) is 6.60. The molecule has 0 unspecified atom stereocenters. The lowest BCUT2D eigenvalue weighted by molar-refractivity contribution is 0.0980. The van der Waals surface area contributed by atoms with Gasteiger partial charge >= 0.3 is 0 Å². The van der Waals surface area contributed by atoms with Crippen molar-refractivity contribution in [2.45, 2.75) is 23.6 Å². The average molecular weight is 579 g/mol. The van der Waals surface area contributed by atoms with Gasteiger partial charge in [-0.3, -0.25) is 18.7 Å². The Kier molecular flexibility index (Phi) is 6.59. The van der Waals surface area contributed by atoms with Crippen molar-refractivity contribution < 1.29 is 35.5 Å². The second-order valence-corrected chi connectivity index (χ2v) is 12.1. The molecule has 0 aliphatic heterocycles. The lowest BCUT2D eigenvalue weighted by Crippen LogP contribution is -2.23. The van der Waals surface area contributed by atoms with E-state index in [9.17, 15) is 35.5 Å². The van der Waals surface area contributed by atoms with Crippen LogP contribution in [0.25, 0.3) is 0 Å². The standard InChI is InChI=1S/C28H22N2O8S2/c1-15-13-17(39(33,34)35)9-11-21(15)29-23-7-3-5-19-25(23)27(31)20-6-4-8-24(26(20)28(19)32)30-22-12-10-18(14-16(22)2)40(36,37)38/h3-14,29-30H,1-2H3,(H,33,34,35)(H,36,37,38). The summed E-state index contributed by atoms with van der Waals surface area (Å²) in [6.07, 6.45) is 0. The van der Waals surface area contributed by atoms with E-state index in [1.807, 2.05) is 0 Å². The van der Waals surface area contributed by atoms with E-state index in [1.165, 1.54) is 36.4 Å². The molecule has 204 valence electrons. The zero-order chi connectivity index (χ0) is 29.0. The number of carbonyl (C=O) groups excluding carboxylic acids is 2. The van der Waals surface area contributed by atoms with Gasteiger partial charge in [0.15, 0.2) is 11.6 Å². The molecule has 1 aliphatic rings. The van der Waals surface area contributed by atoms with Crippen molar-refractivity contribution in [3.63, 3.8) is 0 Å². The Bertz CT molecular complexity index is 1820. The van der Waals surface area contributed by atoms with Gasteiger partial charge in [-0.1, -0.05) is 24.3 Å². The van der Waals surface area contributed by atoms with Crippen molar-refractivity contribution >= 4 is 54.6 Å². The maximum atomic E-state index is 13.7. The first-order chi connectivity index (χ1) is 18.8. The summed E-state index contributed by atoms with van der Waals surface area (Å²) >= 11 is 0. The topological polar surface area (TPSA) is 167 Å². The maximum Gasteiger partial charge on any atom is 0.294 e. The largest absolute Gasteiger partial charge is 0.355 e. The van der Waals surface area contributed by atoms with Gasteiger partial charge < -0.3 is 10.6 Å². The third-order valence-corrected chi connectivity index (χ3v) is 8.30. The van der Waals surface area contributed by atoms with Gasteiger partial charge in [-0.15, -0.1) is 0 Å². The molecule has 0 heterocycles. The second-order valence-electron chi connectivity index (χ2n) is 9.27. The van der Waals surface area contributed by atoms with Crippen LogP contribution in [0.5, 0.6) is 0 Å². The molecule has 4 N–H and O–H groups in total. The van der Waals surface area contributed by atoms with E-state index in [0.717, 1.165) is 0 Å². The highest BCUT2D eigenvalue weighted by molar-refractivity contribution is 7.86. The van der Waals surface area contributed by atoms with Crippen LogP contribution in [0.1, 0.15) is 43.0 Å². The molecule has 0 spiro atoms. The van der Waals surface area contributed by atoms with Crippen LogP contribution in [-0.2, 0) is 20.2 Å². The molecule has 12 heteroatoms. The van der Waals surface area contributed by atoms with E-state index < -0.39 is 31.8 Å². The normalized spacial score (nSPS) is 13.0. The fraction of sp³-hybridized carbons (Fsp3) is 0.0714. The van der Waals surface area contributed by atoms with Gasteiger partial charge in [0.2, 0.25) is 0 Å². The van der Waals surface area contributed by atoms with Gasteiger partial charge in [-0.25, -0.2) is 0 Å². The SMILES string of the molecule is Cc1cc(S(=O)(=O)O)ccc1Nc1cccc2c1C(=O)c1cccc(Nc3ccc(S(=O)(=O)O)cc3C)c1C2=O. The molecule has 0 atom stereocenters. The van der Waals surface area contributed by atoms with Crippen LogP contribution in [0.2, 0.25) is 0 Å². The predicted molar refractivity (Wildman–Crippen MR) is 148 cm³/mol. The number of fused-ring (bicyclic) bond motifs is 2. The zero-order valence-electron chi connectivity index (χ0n) is 21.1. The fourth-order valence-electron chi connectivity index (χ4n) is 4.61. The molecule has 10 nitrogen and oxygen atoms in total. The van der Waals surface area contributed by atoms with Crippen LogP contribution in [0, 0.1) is 13.8 Å². The molecule has 0 saturated carbocycles. The fourth-order valence-corrected chi connectivity index (χ4v) is 5.75. The summed E-state index contributed by atoms with van der Waals surface area (Å²) < 4.78 is 64.5. The van der Waals surface area contributed by atoms with E-state index in [0.29, 0.717) is 33.9 Å². The highest BCUT2D eigenvalue weighted by Gasteiger charge is 2.34. The molecule has 0 aromatic heterocycles. The average Bonchev–Trinajstić information content (AvgIpc) is 2.88. The summed E-state index contributed by atoms with van der Waals surface area (Å²) in [4.78, 5) is 26.9. The minimum atomic E-state index is -4.39. The molecular weight excluding hydrogens is 556 g/mol. The first-order valence-electron chi connectivity index (χ1n) is 11.8. The molecule has 4 aromatic carbocycles. The number of rotatable bonds is 6. The number of hydrogen-bond donors (Lipinski definition) is 4. The molecule has 0 bridgehead atoms. The monoisotopic (exact) mass is 578 g/mol. The molecule has 40 heavy (non-hydrogen) atoms. The Labute approximate surface area is 230 Å². The molecule has 0 fully saturated rings. The quantitative estimate of drug-likeness (QED) is 0.200. The Balaban J connectivity index is 1.53. The zero-order valence-corrected chi connectivity index (χ0v) is 22.7. The summed E-state index contributed by atoms with van der Waals surface area (Å²) in [6, 6.07) is 17.5. The smallest absolute Gasteiger partial charge is 0.294 e. The highest BCUT2D eigenvalue weighted by Crippen LogP contribution is 2.38. The van der Waals surface area contributed by atoms with Gasteiger partial charge in [0.05, 0.1) is 32.3 Å². The van der Waals surface area contributed by atoms with E-state index >= 15 is 0 Å². The van der Waals surface area contributed by atoms with E-state index in [4.69, 9.17) is 0 Å². The first-order valence-corrected chi connectivity index (χ1v) is 14.7. The first kappa shape index (κ1) is 27.2. The van der Waals surface area contributed by atoms with E-state index in [-0.39, 0.29) is 32.0 Å². The lowest BCUT2D eigenvalue weighted by Gasteiger charge is -2.24. The Hall–Kier alpha value is -4.36. The van der Waals surface area contributed by atoms with E-state index in [1.54, 1.807) is 50.2 Å². The van der Waals surface area contributed by atoms with Crippen molar-refractivity contribution in [1.82, 2.24) is 0 Å². The van der Waals surface area contributed by atoms with Crippen LogP contribution < -0.4 is 10.6 Å². The lowest BCUT2D eigenvalue weighted by atomic mass is 9.82. The summed E-state index contributed by atoms with van der Waals surface area (Å²) in [7, 11) is -8.77. The second kappa shape index (κ2) is 9.68. The molecule has 4 aromatic rings.